The van der Waals surface area contributed by atoms with Crippen molar-refractivity contribution in [3.8, 4) is 5.75 Å². The fourth-order valence-electron chi connectivity index (χ4n) is 2.27. The van der Waals surface area contributed by atoms with Crippen LogP contribution in [0.25, 0.3) is 0 Å². The molecule has 1 fully saturated rings. The second-order valence-corrected chi connectivity index (χ2v) is 4.51. The molecule has 1 aromatic rings. The summed E-state index contributed by atoms with van der Waals surface area (Å²) in [6.45, 7) is 2.34. The van der Waals surface area contributed by atoms with Crippen LogP contribution in [-0.4, -0.2) is 12.4 Å². The summed E-state index contributed by atoms with van der Waals surface area (Å²) in [5.74, 6) is 1.49. The zero-order chi connectivity index (χ0) is 11.4. The second-order valence-electron chi connectivity index (χ2n) is 4.51. The van der Waals surface area contributed by atoms with Gasteiger partial charge in [-0.05, 0) is 37.8 Å². The van der Waals surface area contributed by atoms with Crippen molar-refractivity contribution in [2.45, 2.75) is 32.6 Å². The number of carbonyl (C=O) groups excluding carboxylic acids is 1. The molecule has 2 nitrogen and oxygen atoms in total. The topological polar surface area (TPSA) is 26.3 Å². The number of hydrogen-bond donors (Lipinski definition) is 0. The molecule has 1 aliphatic rings. The zero-order valence-corrected chi connectivity index (χ0v) is 9.74. The highest BCUT2D eigenvalue weighted by atomic mass is 16.5. The van der Waals surface area contributed by atoms with Crippen molar-refractivity contribution in [1.82, 2.24) is 0 Å². The Morgan fingerprint density at radius 3 is 2.69 bits per heavy atom. The van der Waals surface area contributed by atoms with E-state index >= 15 is 0 Å². The Morgan fingerprint density at radius 2 is 2.00 bits per heavy atom. The molecule has 0 atom stereocenters. The standard InChI is InChI=1S/C14H18O2/c1-11(15)13-8-4-5-9-14(13)16-10-12-6-2-3-7-12/h4-5,8-9,12H,2-3,6-7,10H2,1H3. The van der Waals surface area contributed by atoms with Crippen LogP contribution in [0.3, 0.4) is 0 Å². The Kier molecular flexibility index (Phi) is 3.60. The van der Waals surface area contributed by atoms with Crippen LogP contribution in [0, 0.1) is 5.92 Å². The number of ketones is 1. The smallest absolute Gasteiger partial charge is 0.163 e. The van der Waals surface area contributed by atoms with E-state index in [-0.39, 0.29) is 5.78 Å². The molecule has 0 N–H and O–H groups in total. The molecule has 0 aliphatic heterocycles. The third kappa shape index (κ3) is 2.63. The molecule has 0 spiro atoms. The second kappa shape index (κ2) is 5.15. The Balaban J connectivity index is 2.00. The Morgan fingerprint density at radius 1 is 1.31 bits per heavy atom. The minimum Gasteiger partial charge on any atom is -0.493 e. The normalized spacial score (nSPS) is 16.3. The average molecular weight is 218 g/mol. The van der Waals surface area contributed by atoms with Crippen LogP contribution < -0.4 is 4.74 Å². The lowest BCUT2D eigenvalue weighted by molar-refractivity contribution is 0.101. The summed E-state index contributed by atoms with van der Waals surface area (Å²) < 4.78 is 5.76. The van der Waals surface area contributed by atoms with E-state index in [1.165, 1.54) is 25.7 Å². The van der Waals surface area contributed by atoms with Gasteiger partial charge in [0, 0.05) is 0 Å². The van der Waals surface area contributed by atoms with Gasteiger partial charge in [-0.1, -0.05) is 25.0 Å². The van der Waals surface area contributed by atoms with Crippen molar-refractivity contribution in [3.05, 3.63) is 29.8 Å². The first-order valence-corrected chi connectivity index (χ1v) is 6.00. The predicted octanol–water partition coefficient (Wildman–Crippen LogP) is 3.46. The fourth-order valence-corrected chi connectivity index (χ4v) is 2.27. The average Bonchev–Trinajstić information content (AvgIpc) is 2.79. The first-order valence-electron chi connectivity index (χ1n) is 6.00. The van der Waals surface area contributed by atoms with Crippen molar-refractivity contribution >= 4 is 5.78 Å². The molecule has 2 rings (SSSR count). The molecule has 86 valence electrons. The van der Waals surface area contributed by atoms with Crippen LogP contribution in [0.5, 0.6) is 5.75 Å². The molecule has 0 aromatic heterocycles. The van der Waals surface area contributed by atoms with Gasteiger partial charge >= 0.3 is 0 Å². The van der Waals surface area contributed by atoms with Crippen molar-refractivity contribution in [1.29, 1.82) is 0 Å². The molecule has 16 heavy (non-hydrogen) atoms. The predicted molar refractivity (Wildman–Crippen MR) is 63.9 cm³/mol. The summed E-state index contributed by atoms with van der Waals surface area (Å²) in [6, 6.07) is 7.49. The maximum Gasteiger partial charge on any atom is 0.163 e. The number of para-hydroxylation sites is 1. The first kappa shape index (κ1) is 11.2. The van der Waals surface area contributed by atoms with E-state index in [2.05, 4.69) is 0 Å². The summed E-state index contributed by atoms with van der Waals surface area (Å²) in [6.07, 6.45) is 5.18. The van der Waals surface area contributed by atoms with Crippen molar-refractivity contribution in [2.24, 2.45) is 5.92 Å². The third-order valence-electron chi connectivity index (χ3n) is 3.22. The van der Waals surface area contributed by atoms with Gasteiger partial charge in [-0.2, -0.15) is 0 Å². The maximum absolute atomic E-state index is 11.4. The SMILES string of the molecule is CC(=O)c1ccccc1OCC1CCCC1. The summed E-state index contributed by atoms with van der Waals surface area (Å²) in [5.41, 5.74) is 0.695. The van der Waals surface area contributed by atoms with E-state index in [9.17, 15) is 4.79 Å². The highest BCUT2D eigenvalue weighted by Gasteiger charge is 2.16. The van der Waals surface area contributed by atoms with Crippen LogP contribution in [0.1, 0.15) is 43.0 Å². The molecule has 1 saturated carbocycles. The van der Waals surface area contributed by atoms with E-state index in [4.69, 9.17) is 4.74 Å². The number of benzene rings is 1. The van der Waals surface area contributed by atoms with Gasteiger partial charge in [-0.3, -0.25) is 4.79 Å². The Hall–Kier alpha value is -1.31. The number of hydrogen-bond acceptors (Lipinski definition) is 2. The van der Waals surface area contributed by atoms with Gasteiger partial charge in [0.1, 0.15) is 5.75 Å². The molecule has 0 saturated heterocycles. The van der Waals surface area contributed by atoms with E-state index in [1.807, 2.05) is 24.3 Å². The lowest BCUT2D eigenvalue weighted by Gasteiger charge is -2.13. The van der Waals surface area contributed by atoms with Crippen molar-refractivity contribution in [3.63, 3.8) is 0 Å². The summed E-state index contributed by atoms with van der Waals surface area (Å²) in [4.78, 5) is 11.4. The third-order valence-corrected chi connectivity index (χ3v) is 3.22. The van der Waals surface area contributed by atoms with Crippen LogP contribution in [0.4, 0.5) is 0 Å². The van der Waals surface area contributed by atoms with Gasteiger partial charge in [-0.25, -0.2) is 0 Å². The molecular weight excluding hydrogens is 200 g/mol. The van der Waals surface area contributed by atoms with Crippen molar-refractivity contribution in [2.75, 3.05) is 6.61 Å². The van der Waals surface area contributed by atoms with Crippen molar-refractivity contribution < 1.29 is 9.53 Å². The summed E-state index contributed by atoms with van der Waals surface area (Å²) in [5, 5.41) is 0. The molecule has 2 heteroatoms. The molecule has 1 aromatic carbocycles. The maximum atomic E-state index is 11.4. The number of Topliss-reactive ketones (excluding diaryl/α,β-unsaturated/α-hetero) is 1. The summed E-state index contributed by atoms with van der Waals surface area (Å²) >= 11 is 0. The van der Waals surface area contributed by atoms with Gasteiger partial charge in [0.05, 0.1) is 12.2 Å². The minimum atomic E-state index is 0.0713. The molecule has 0 heterocycles. The number of rotatable bonds is 4. The van der Waals surface area contributed by atoms with Crippen LogP contribution in [0.2, 0.25) is 0 Å². The van der Waals surface area contributed by atoms with Gasteiger partial charge < -0.3 is 4.74 Å². The van der Waals surface area contributed by atoms with Gasteiger partial charge in [-0.15, -0.1) is 0 Å². The molecule has 1 aliphatic carbocycles. The van der Waals surface area contributed by atoms with E-state index < -0.39 is 0 Å². The molecule has 0 bridgehead atoms. The minimum absolute atomic E-state index is 0.0713. The van der Waals surface area contributed by atoms with E-state index in [0.29, 0.717) is 11.5 Å². The molecule has 0 unspecified atom stereocenters. The quantitative estimate of drug-likeness (QED) is 0.723. The summed E-state index contributed by atoms with van der Waals surface area (Å²) in [7, 11) is 0. The molecular formula is C14H18O2. The molecule has 0 radical (unpaired) electrons. The lowest BCUT2D eigenvalue weighted by atomic mass is 10.1. The largest absolute Gasteiger partial charge is 0.493 e. The number of carbonyl (C=O) groups is 1. The lowest BCUT2D eigenvalue weighted by Crippen LogP contribution is -2.10. The van der Waals surface area contributed by atoms with Crippen LogP contribution in [-0.2, 0) is 0 Å². The monoisotopic (exact) mass is 218 g/mol. The zero-order valence-electron chi connectivity index (χ0n) is 9.74. The first-order chi connectivity index (χ1) is 7.77. The van der Waals surface area contributed by atoms with Crippen LogP contribution in [0.15, 0.2) is 24.3 Å². The Labute approximate surface area is 96.6 Å². The van der Waals surface area contributed by atoms with E-state index in [0.717, 1.165) is 12.4 Å². The molecule has 0 amide bonds. The van der Waals surface area contributed by atoms with Gasteiger partial charge in [0.15, 0.2) is 5.78 Å². The van der Waals surface area contributed by atoms with Crippen LogP contribution >= 0.6 is 0 Å². The highest BCUT2D eigenvalue weighted by Crippen LogP contribution is 2.26. The fraction of sp³-hybridized carbons (Fsp3) is 0.500. The Bertz CT molecular complexity index is 365. The van der Waals surface area contributed by atoms with Gasteiger partial charge in [0.25, 0.3) is 0 Å². The number of ether oxygens (including phenoxy) is 1. The highest BCUT2D eigenvalue weighted by molar-refractivity contribution is 5.96. The van der Waals surface area contributed by atoms with E-state index in [1.54, 1.807) is 6.92 Å². The van der Waals surface area contributed by atoms with Gasteiger partial charge in [0.2, 0.25) is 0 Å².